The van der Waals surface area contributed by atoms with Crippen molar-refractivity contribution in [1.29, 1.82) is 0 Å². The zero-order valence-electron chi connectivity index (χ0n) is 12.6. The van der Waals surface area contributed by atoms with Crippen LogP contribution in [0.15, 0.2) is 24.3 Å². The molecule has 0 saturated heterocycles. The molecule has 1 aromatic carbocycles. The number of ether oxygens (including phenoxy) is 1. The van der Waals surface area contributed by atoms with Crippen LogP contribution in [-0.2, 0) is 0 Å². The van der Waals surface area contributed by atoms with Crippen LogP contribution in [-0.4, -0.2) is 19.2 Å². The van der Waals surface area contributed by atoms with Crippen LogP contribution in [0.1, 0.15) is 56.9 Å². The molecule has 0 radical (unpaired) electrons. The Labute approximate surface area is 122 Å². The maximum Gasteiger partial charge on any atom is 0.122 e. The molecule has 0 aromatic heterocycles. The van der Waals surface area contributed by atoms with Gasteiger partial charge in [-0.05, 0) is 31.7 Å². The second-order valence-electron chi connectivity index (χ2n) is 6.49. The van der Waals surface area contributed by atoms with E-state index in [1.54, 1.807) is 0 Å². The van der Waals surface area contributed by atoms with Gasteiger partial charge < -0.3 is 10.1 Å². The fourth-order valence-corrected chi connectivity index (χ4v) is 3.70. The highest BCUT2D eigenvalue weighted by Gasteiger charge is 2.25. The Morgan fingerprint density at radius 2 is 1.90 bits per heavy atom. The highest BCUT2D eigenvalue weighted by Crippen LogP contribution is 2.33. The number of benzene rings is 1. The molecule has 0 amide bonds. The van der Waals surface area contributed by atoms with Gasteiger partial charge in [0, 0.05) is 24.1 Å². The summed E-state index contributed by atoms with van der Waals surface area (Å²) in [6.07, 6.45) is 8.54. The monoisotopic (exact) mass is 273 g/mol. The maximum atomic E-state index is 5.77. The fraction of sp³-hybridized carbons (Fsp3) is 0.667. The minimum atomic E-state index is 0.527. The molecule has 0 bridgehead atoms. The molecule has 1 saturated carbocycles. The van der Waals surface area contributed by atoms with Gasteiger partial charge in [0.1, 0.15) is 5.75 Å². The van der Waals surface area contributed by atoms with Crippen LogP contribution < -0.4 is 10.1 Å². The second kappa shape index (κ2) is 6.62. The summed E-state index contributed by atoms with van der Waals surface area (Å²) in [5.74, 6) is 2.48. The molecule has 2 nitrogen and oxygen atoms in total. The van der Waals surface area contributed by atoms with Crippen molar-refractivity contribution in [2.75, 3.05) is 13.2 Å². The zero-order chi connectivity index (χ0) is 13.8. The Bertz CT molecular complexity index is 423. The van der Waals surface area contributed by atoms with E-state index in [0.29, 0.717) is 12.0 Å². The lowest BCUT2D eigenvalue weighted by atomic mass is 9.92. The third-order valence-corrected chi connectivity index (χ3v) is 5.09. The van der Waals surface area contributed by atoms with Gasteiger partial charge in [-0.1, -0.05) is 43.9 Å². The quantitative estimate of drug-likeness (QED) is 0.834. The largest absolute Gasteiger partial charge is 0.493 e. The summed E-state index contributed by atoms with van der Waals surface area (Å²) in [6.45, 7) is 4.26. The topological polar surface area (TPSA) is 21.3 Å². The second-order valence-corrected chi connectivity index (χ2v) is 6.49. The Hall–Kier alpha value is -1.02. The highest BCUT2D eigenvalue weighted by molar-refractivity contribution is 5.39. The number of hydrogen-bond donors (Lipinski definition) is 1. The van der Waals surface area contributed by atoms with Crippen LogP contribution in [0.3, 0.4) is 0 Å². The van der Waals surface area contributed by atoms with Gasteiger partial charge in [0.25, 0.3) is 0 Å². The first-order valence-corrected chi connectivity index (χ1v) is 8.29. The molecule has 1 aliphatic heterocycles. The van der Waals surface area contributed by atoms with Crippen molar-refractivity contribution in [3.8, 4) is 5.75 Å². The van der Waals surface area contributed by atoms with Crippen molar-refractivity contribution in [3.05, 3.63) is 29.8 Å². The van der Waals surface area contributed by atoms with E-state index in [0.717, 1.165) is 24.8 Å². The Morgan fingerprint density at radius 1 is 1.15 bits per heavy atom. The van der Waals surface area contributed by atoms with Crippen molar-refractivity contribution in [3.63, 3.8) is 0 Å². The molecule has 1 aromatic rings. The van der Waals surface area contributed by atoms with Crippen LogP contribution in [0, 0.1) is 5.92 Å². The van der Waals surface area contributed by atoms with Gasteiger partial charge >= 0.3 is 0 Å². The molecular formula is C18H27NO. The van der Waals surface area contributed by atoms with Crippen LogP contribution >= 0.6 is 0 Å². The maximum absolute atomic E-state index is 5.77. The molecule has 1 unspecified atom stereocenters. The number of nitrogens with one attached hydrogen (secondary N) is 1. The van der Waals surface area contributed by atoms with E-state index >= 15 is 0 Å². The number of rotatable bonds is 4. The molecule has 1 aliphatic carbocycles. The van der Waals surface area contributed by atoms with Gasteiger partial charge in [0.2, 0.25) is 0 Å². The summed E-state index contributed by atoms with van der Waals surface area (Å²) in [6, 6.07) is 9.12. The Morgan fingerprint density at radius 3 is 2.70 bits per heavy atom. The van der Waals surface area contributed by atoms with Gasteiger partial charge in [0.05, 0.1) is 6.61 Å². The lowest BCUT2D eigenvalue weighted by Crippen LogP contribution is -2.36. The molecule has 0 spiro atoms. The standard InChI is InChI=1S/C18H27NO/c1-14(15-8-4-2-3-5-9-15)19-12-16-13-20-18-11-7-6-10-17(16)18/h6-7,10-11,14-16,19H,2-5,8-9,12-13H2,1H3/t14-,16?/m0/s1. The molecular weight excluding hydrogens is 246 g/mol. The van der Waals surface area contributed by atoms with Gasteiger partial charge in [-0.2, -0.15) is 0 Å². The van der Waals surface area contributed by atoms with E-state index in [1.807, 2.05) is 0 Å². The molecule has 3 rings (SSSR count). The first-order chi connectivity index (χ1) is 9.84. The number of fused-ring (bicyclic) bond motifs is 1. The molecule has 2 atom stereocenters. The SMILES string of the molecule is C[C@H](NCC1COc2ccccc21)C1CCCCCC1. The van der Waals surface area contributed by atoms with E-state index in [4.69, 9.17) is 4.74 Å². The minimum Gasteiger partial charge on any atom is -0.493 e. The Kier molecular flexibility index (Phi) is 4.62. The van der Waals surface area contributed by atoms with Gasteiger partial charge in [-0.15, -0.1) is 0 Å². The van der Waals surface area contributed by atoms with Crippen molar-refractivity contribution < 1.29 is 4.74 Å². The third kappa shape index (κ3) is 3.17. The summed E-state index contributed by atoms with van der Waals surface area (Å²) < 4.78 is 5.77. The van der Waals surface area contributed by atoms with Crippen LogP contribution in [0.4, 0.5) is 0 Å². The Balaban J connectivity index is 1.52. The van der Waals surface area contributed by atoms with Crippen molar-refractivity contribution in [2.45, 2.75) is 57.4 Å². The summed E-state index contributed by atoms with van der Waals surface area (Å²) in [5.41, 5.74) is 1.38. The zero-order valence-corrected chi connectivity index (χ0v) is 12.6. The third-order valence-electron chi connectivity index (χ3n) is 5.09. The van der Waals surface area contributed by atoms with E-state index in [1.165, 1.54) is 44.1 Å². The molecule has 2 heteroatoms. The number of hydrogen-bond acceptors (Lipinski definition) is 2. The fourth-order valence-electron chi connectivity index (χ4n) is 3.70. The minimum absolute atomic E-state index is 0.527. The van der Waals surface area contributed by atoms with Crippen LogP contribution in [0.2, 0.25) is 0 Å². The molecule has 1 heterocycles. The lowest BCUT2D eigenvalue weighted by molar-refractivity contribution is 0.300. The van der Waals surface area contributed by atoms with E-state index in [-0.39, 0.29) is 0 Å². The van der Waals surface area contributed by atoms with Crippen molar-refractivity contribution in [1.82, 2.24) is 5.32 Å². The molecule has 2 aliphatic rings. The summed E-state index contributed by atoms with van der Waals surface area (Å²) in [4.78, 5) is 0. The average Bonchev–Trinajstić information content (AvgIpc) is 2.70. The molecule has 110 valence electrons. The summed E-state index contributed by atoms with van der Waals surface area (Å²) in [5, 5.41) is 3.78. The van der Waals surface area contributed by atoms with Gasteiger partial charge in [0.15, 0.2) is 0 Å². The average molecular weight is 273 g/mol. The van der Waals surface area contributed by atoms with E-state index < -0.39 is 0 Å². The van der Waals surface area contributed by atoms with E-state index in [2.05, 4.69) is 36.5 Å². The van der Waals surface area contributed by atoms with Crippen LogP contribution in [0.5, 0.6) is 5.75 Å². The lowest BCUT2D eigenvalue weighted by Gasteiger charge is -2.25. The normalized spacial score (nSPS) is 24.8. The van der Waals surface area contributed by atoms with Crippen LogP contribution in [0.25, 0.3) is 0 Å². The predicted octanol–water partition coefficient (Wildman–Crippen LogP) is 4.11. The predicted molar refractivity (Wildman–Crippen MR) is 83.3 cm³/mol. The first kappa shape index (κ1) is 13.9. The summed E-state index contributed by atoms with van der Waals surface area (Å²) in [7, 11) is 0. The summed E-state index contributed by atoms with van der Waals surface area (Å²) >= 11 is 0. The molecule has 1 N–H and O–H groups in total. The van der Waals surface area contributed by atoms with Gasteiger partial charge in [-0.3, -0.25) is 0 Å². The highest BCUT2D eigenvalue weighted by atomic mass is 16.5. The first-order valence-electron chi connectivity index (χ1n) is 8.29. The molecule has 1 fully saturated rings. The van der Waals surface area contributed by atoms with E-state index in [9.17, 15) is 0 Å². The number of para-hydroxylation sites is 1. The van der Waals surface area contributed by atoms with Crippen molar-refractivity contribution in [2.24, 2.45) is 5.92 Å². The van der Waals surface area contributed by atoms with Crippen molar-refractivity contribution >= 4 is 0 Å². The molecule has 20 heavy (non-hydrogen) atoms. The van der Waals surface area contributed by atoms with Gasteiger partial charge in [-0.25, -0.2) is 0 Å². The smallest absolute Gasteiger partial charge is 0.122 e.